The van der Waals surface area contributed by atoms with Gasteiger partial charge in [0.1, 0.15) is 18.0 Å². The van der Waals surface area contributed by atoms with Crippen molar-refractivity contribution in [1.82, 2.24) is 5.32 Å². The van der Waals surface area contributed by atoms with E-state index in [-0.39, 0.29) is 18.1 Å². The molecule has 2 N–H and O–H groups in total. The molecule has 1 fully saturated rings. The van der Waals surface area contributed by atoms with E-state index in [1.165, 1.54) is 6.92 Å². The van der Waals surface area contributed by atoms with Crippen LogP contribution in [0.25, 0.3) is 5.57 Å². The molecule has 3 aliphatic rings. The van der Waals surface area contributed by atoms with Gasteiger partial charge >= 0.3 is 0 Å². The average Bonchev–Trinajstić information content (AvgIpc) is 3.25. The Morgan fingerprint density at radius 2 is 1.94 bits per heavy atom. The van der Waals surface area contributed by atoms with Crippen LogP contribution in [0.3, 0.4) is 0 Å². The Bertz CT molecular complexity index is 1060. The number of nitrogens with one attached hydrogen (secondary N) is 1. The number of aliphatic hydroxyl groups is 1. The predicted molar refractivity (Wildman–Crippen MR) is 135 cm³/mol. The van der Waals surface area contributed by atoms with Gasteiger partial charge in [-0.1, -0.05) is 0 Å². The highest BCUT2D eigenvalue weighted by Gasteiger charge is 2.34. The number of aryl methyl sites for hydroxylation is 1. The van der Waals surface area contributed by atoms with Crippen LogP contribution in [0.1, 0.15) is 30.9 Å². The number of hydrogen-bond donors (Lipinski definition) is 2. The third kappa shape index (κ3) is 4.78. The molecule has 34 heavy (non-hydrogen) atoms. The SMILES string of the molecule is COc1cc2c(c(OC)c1OC)C1=CC(I)=C(O[C@@H]3CCOC3)[C@@H](O)C=C1[C@@H](NC(C)=O)CC2. The summed E-state index contributed by atoms with van der Waals surface area (Å²) >= 11 is 2.19. The molecule has 0 bridgehead atoms. The average molecular weight is 583 g/mol. The summed E-state index contributed by atoms with van der Waals surface area (Å²) in [7, 11) is 4.76. The van der Waals surface area contributed by atoms with Crippen LogP contribution in [0.15, 0.2) is 33.1 Å². The van der Waals surface area contributed by atoms with Crippen LogP contribution >= 0.6 is 22.6 Å². The molecule has 1 aliphatic heterocycles. The molecule has 4 rings (SSSR count). The summed E-state index contributed by atoms with van der Waals surface area (Å²) in [4.78, 5) is 12.1. The van der Waals surface area contributed by atoms with Gasteiger partial charge in [-0.3, -0.25) is 4.79 Å². The summed E-state index contributed by atoms with van der Waals surface area (Å²) in [5.74, 6) is 1.95. The van der Waals surface area contributed by atoms with E-state index in [2.05, 4.69) is 27.9 Å². The maximum Gasteiger partial charge on any atom is 0.217 e. The molecule has 0 unspecified atom stereocenters. The summed E-state index contributed by atoms with van der Waals surface area (Å²) in [5, 5.41) is 14.3. The molecule has 9 heteroatoms. The zero-order valence-corrected chi connectivity index (χ0v) is 21.9. The maximum absolute atomic E-state index is 12.1. The summed E-state index contributed by atoms with van der Waals surface area (Å²) in [6.45, 7) is 2.64. The number of fused-ring (bicyclic) bond motifs is 3. The van der Waals surface area contributed by atoms with Crippen molar-refractivity contribution in [2.24, 2.45) is 0 Å². The second-order valence-electron chi connectivity index (χ2n) is 8.41. The zero-order chi connectivity index (χ0) is 24.4. The lowest BCUT2D eigenvalue weighted by molar-refractivity contribution is -0.119. The predicted octanol–water partition coefficient (Wildman–Crippen LogP) is 3.30. The molecular formula is C25H30INO7. The van der Waals surface area contributed by atoms with Gasteiger partial charge in [0.15, 0.2) is 11.5 Å². The van der Waals surface area contributed by atoms with E-state index >= 15 is 0 Å². The summed E-state index contributed by atoms with van der Waals surface area (Å²) in [6, 6.07) is 1.65. The Hall–Kier alpha value is -2.24. The van der Waals surface area contributed by atoms with Crippen molar-refractivity contribution in [3.05, 3.63) is 44.3 Å². The molecule has 2 aliphatic carbocycles. The van der Waals surface area contributed by atoms with Crippen molar-refractivity contribution in [3.8, 4) is 17.2 Å². The second kappa shape index (κ2) is 10.6. The molecule has 1 heterocycles. The van der Waals surface area contributed by atoms with Crippen molar-refractivity contribution in [2.45, 2.75) is 44.4 Å². The number of aliphatic hydroxyl groups excluding tert-OH is 1. The van der Waals surface area contributed by atoms with Crippen LogP contribution in [0.4, 0.5) is 0 Å². The van der Waals surface area contributed by atoms with Crippen molar-refractivity contribution >= 4 is 34.1 Å². The smallest absolute Gasteiger partial charge is 0.217 e. The number of hydrogen-bond acceptors (Lipinski definition) is 7. The molecular weight excluding hydrogens is 553 g/mol. The highest BCUT2D eigenvalue weighted by Crippen LogP contribution is 2.50. The monoisotopic (exact) mass is 583 g/mol. The van der Waals surface area contributed by atoms with Crippen molar-refractivity contribution in [1.29, 1.82) is 0 Å². The van der Waals surface area contributed by atoms with E-state index in [1.807, 2.05) is 12.1 Å². The standard InChI is InChI=1S/C25H30INO7/c1-13(28)27-19-6-5-14-9-21(30-2)24(31-3)25(32-4)22(14)17-10-18(26)23(20(29)11-16(17)19)34-15-7-8-33-12-15/h9-11,15,19-20,29H,5-8,12H2,1-4H3,(H,27,28)/t15-,19+,20+/m1/s1. The van der Waals surface area contributed by atoms with Gasteiger partial charge in [0.05, 0.1) is 44.2 Å². The Balaban J connectivity index is 1.93. The number of carbonyl (C=O) groups excluding carboxylic acids is 1. The molecule has 1 aromatic carbocycles. The summed E-state index contributed by atoms with van der Waals surface area (Å²) in [5.41, 5.74) is 3.51. The minimum absolute atomic E-state index is 0.105. The number of carbonyl (C=O) groups is 1. The van der Waals surface area contributed by atoms with E-state index in [1.54, 1.807) is 27.4 Å². The largest absolute Gasteiger partial charge is 0.493 e. The van der Waals surface area contributed by atoms with Gasteiger partial charge in [-0.05, 0) is 70.4 Å². The van der Waals surface area contributed by atoms with Crippen LogP contribution < -0.4 is 19.5 Å². The first-order valence-corrected chi connectivity index (χ1v) is 12.3. The van der Waals surface area contributed by atoms with E-state index in [0.717, 1.165) is 32.3 Å². The number of rotatable bonds is 6. The first kappa shape index (κ1) is 24.9. The number of methoxy groups -OCH3 is 3. The number of allylic oxidation sites excluding steroid dienone is 2. The molecule has 184 valence electrons. The highest BCUT2D eigenvalue weighted by atomic mass is 127. The molecule has 1 saturated heterocycles. The molecule has 0 spiro atoms. The number of halogens is 1. The first-order chi connectivity index (χ1) is 16.4. The van der Waals surface area contributed by atoms with Gasteiger partial charge in [0.25, 0.3) is 0 Å². The molecule has 0 radical (unpaired) electrons. The minimum atomic E-state index is -0.972. The number of benzene rings is 1. The Morgan fingerprint density at radius 1 is 1.18 bits per heavy atom. The fourth-order valence-corrected chi connectivity index (χ4v) is 5.50. The van der Waals surface area contributed by atoms with E-state index in [4.69, 9.17) is 23.7 Å². The van der Waals surface area contributed by atoms with E-state index in [0.29, 0.717) is 49.1 Å². The van der Waals surface area contributed by atoms with Gasteiger partial charge in [-0.2, -0.15) is 0 Å². The zero-order valence-electron chi connectivity index (χ0n) is 19.8. The Morgan fingerprint density at radius 3 is 2.56 bits per heavy atom. The van der Waals surface area contributed by atoms with Gasteiger partial charge in [-0.25, -0.2) is 0 Å². The molecule has 1 amide bonds. The fourth-order valence-electron chi connectivity index (χ4n) is 4.74. The topological polar surface area (TPSA) is 95.5 Å². The third-order valence-electron chi connectivity index (χ3n) is 6.24. The van der Waals surface area contributed by atoms with Crippen molar-refractivity contribution < 1.29 is 33.6 Å². The van der Waals surface area contributed by atoms with Crippen LogP contribution in [-0.2, 0) is 20.7 Å². The summed E-state index contributed by atoms with van der Waals surface area (Å²) < 4.78 is 29.5. The van der Waals surface area contributed by atoms with Gasteiger partial charge < -0.3 is 34.1 Å². The quantitative estimate of drug-likeness (QED) is 0.497. The molecule has 0 saturated carbocycles. The molecule has 3 atom stereocenters. The van der Waals surface area contributed by atoms with Crippen LogP contribution in [0.5, 0.6) is 17.2 Å². The van der Waals surface area contributed by atoms with Gasteiger partial charge in [-0.15, -0.1) is 0 Å². The maximum atomic E-state index is 12.1. The van der Waals surface area contributed by atoms with E-state index in [9.17, 15) is 9.90 Å². The third-order valence-corrected chi connectivity index (χ3v) is 7.08. The Kier molecular flexibility index (Phi) is 7.73. The van der Waals surface area contributed by atoms with Crippen molar-refractivity contribution in [2.75, 3.05) is 34.5 Å². The first-order valence-electron chi connectivity index (χ1n) is 11.2. The van der Waals surface area contributed by atoms with Crippen molar-refractivity contribution in [3.63, 3.8) is 0 Å². The Labute approximate surface area is 213 Å². The van der Waals surface area contributed by atoms with E-state index < -0.39 is 6.10 Å². The molecule has 8 nitrogen and oxygen atoms in total. The van der Waals surface area contributed by atoms with Crippen LogP contribution in [0, 0.1) is 0 Å². The summed E-state index contributed by atoms with van der Waals surface area (Å²) in [6.07, 6.45) is 4.77. The van der Waals surface area contributed by atoms with Gasteiger partial charge in [0, 0.05) is 18.9 Å². The van der Waals surface area contributed by atoms with Crippen LogP contribution in [0.2, 0.25) is 0 Å². The lowest BCUT2D eigenvalue weighted by Gasteiger charge is -2.23. The number of ether oxygens (including phenoxy) is 5. The highest BCUT2D eigenvalue weighted by molar-refractivity contribution is 14.1. The molecule has 1 aromatic rings. The fraction of sp³-hybridized carbons (Fsp3) is 0.480. The number of amides is 1. The lowest BCUT2D eigenvalue weighted by Crippen LogP contribution is -2.35. The minimum Gasteiger partial charge on any atom is -0.493 e. The van der Waals surface area contributed by atoms with Crippen LogP contribution in [-0.4, -0.2) is 63.8 Å². The normalized spacial score (nSPS) is 24.1. The van der Waals surface area contributed by atoms with Gasteiger partial charge in [0.2, 0.25) is 11.7 Å². The lowest BCUT2D eigenvalue weighted by atomic mass is 9.91. The molecule has 0 aromatic heterocycles. The second-order valence-corrected chi connectivity index (χ2v) is 9.57.